The molecule has 3 aromatic rings. The molecule has 1 amide bonds. The van der Waals surface area contributed by atoms with Crippen molar-refractivity contribution in [2.75, 3.05) is 11.1 Å². The molecule has 0 atom stereocenters. The Morgan fingerprint density at radius 2 is 1.85 bits per heavy atom. The summed E-state index contributed by atoms with van der Waals surface area (Å²) in [6.45, 7) is 0. The molecule has 1 aromatic heterocycles. The lowest BCUT2D eigenvalue weighted by Crippen LogP contribution is -2.27. The molecule has 1 aliphatic rings. The molecule has 6 nitrogen and oxygen atoms in total. The van der Waals surface area contributed by atoms with Crippen LogP contribution in [0.5, 0.6) is 0 Å². The minimum Gasteiger partial charge on any atom is -0.382 e. The van der Waals surface area contributed by atoms with Crippen LogP contribution < -0.4 is 11.1 Å². The third-order valence-corrected chi connectivity index (χ3v) is 4.81. The summed E-state index contributed by atoms with van der Waals surface area (Å²) in [5.74, 6) is 0.312. The van der Waals surface area contributed by atoms with Gasteiger partial charge in [-0.1, -0.05) is 30.3 Å². The molecule has 3 N–H and O–H groups in total. The van der Waals surface area contributed by atoms with E-state index in [2.05, 4.69) is 10.4 Å². The van der Waals surface area contributed by atoms with E-state index in [-0.39, 0.29) is 5.91 Å². The molecule has 128 valence electrons. The number of hydrogen-bond donors (Lipinski definition) is 2. The summed E-state index contributed by atoms with van der Waals surface area (Å²) in [5, 5.41) is 16.1. The maximum Gasteiger partial charge on any atom is 0.235 e. The van der Waals surface area contributed by atoms with E-state index in [1.807, 2.05) is 60.7 Å². The highest BCUT2D eigenvalue weighted by atomic mass is 16.2. The van der Waals surface area contributed by atoms with Crippen LogP contribution in [-0.2, 0) is 10.2 Å². The average Bonchev–Trinajstić information content (AvgIpc) is 3.41. The predicted octanol–water partition coefficient (Wildman–Crippen LogP) is 3.00. The number of nitrogen functional groups attached to an aromatic ring is 1. The standard InChI is InChI=1S/C20H17N5O/c21-12-14-13-23-25(18(14)22)17-8-6-16(7-9-17)24-19(26)20(10-11-20)15-4-2-1-3-5-15/h1-9,13H,10-11,22H2,(H,24,26). The van der Waals surface area contributed by atoms with Gasteiger partial charge in [-0.3, -0.25) is 4.79 Å². The molecule has 0 aliphatic heterocycles. The highest BCUT2D eigenvalue weighted by molar-refractivity contribution is 6.01. The second-order valence-corrected chi connectivity index (χ2v) is 6.42. The van der Waals surface area contributed by atoms with Gasteiger partial charge in [0.05, 0.1) is 17.3 Å². The van der Waals surface area contributed by atoms with Gasteiger partial charge in [0.15, 0.2) is 0 Å². The van der Waals surface area contributed by atoms with E-state index in [9.17, 15) is 4.79 Å². The van der Waals surface area contributed by atoms with Crippen molar-refractivity contribution in [2.45, 2.75) is 18.3 Å². The van der Waals surface area contributed by atoms with Gasteiger partial charge in [-0.25, -0.2) is 4.68 Å². The van der Waals surface area contributed by atoms with Crippen LogP contribution in [0.15, 0.2) is 60.8 Å². The molecule has 2 aromatic carbocycles. The third kappa shape index (κ3) is 2.60. The highest BCUT2D eigenvalue weighted by Gasteiger charge is 2.51. The van der Waals surface area contributed by atoms with Crippen LogP contribution in [0.25, 0.3) is 5.69 Å². The summed E-state index contributed by atoms with van der Waals surface area (Å²) in [6, 6.07) is 19.1. The Balaban J connectivity index is 1.52. The first-order chi connectivity index (χ1) is 12.6. The summed E-state index contributed by atoms with van der Waals surface area (Å²) in [5.41, 5.74) is 8.33. The predicted molar refractivity (Wildman–Crippen MR) is 98.7 cm³/mol. The fourth-order valence-electron chi connectivity index (χ4n) is 3.12. The van der Waals surface area contributed by atoms with Crippen molar-refractivity contribution in [3.8, 4) is 11.8 Å². The molecule has 1 aliphatic carbocycles. The van der Waals surface area contributed by atoms with Crippen molar-refractivity contribution in [1.29, 1.82) is 5.26 Å². The van der Waals surface area contributed by atoms with Gasteiger partial charge in [0.2, 0.25) is 5.91 Å². The number of amides is 1. The van der Waals surface area contributed by atoms with Gasteiger partial charge in [-0.15, -0.1) is 0 Å². The van der Waals surface area contributed by atoms with E-state index in [0.29, 0.717) is 17.1 Å². The SMILES string of the molecule is N#Cc1cnn(-c2ccc(NC(=O)C3(c4ccccc4)CC3)cc2)c1N. The van der Waals surface area contributed by atoms with Crippen molar-refractivity contribution in [3.05, 3.63) is 71.9 Å². The molecule has 0 radical (unpaired) electrons. The lowest BCUT2D eigenvalue weighted by Gasteiger charge is -2.16. The van der Waals surface area contributed by atoms with E-state index in [0.717, 1.165) is 24.1 Å². The zero-order valence-corrected chi connectivity index (χ0v) is 14.0. The van der Waals surface area contributed by atoms with E-state index in [1.165, 1.54) is 10.9 Å². The Bertz CT molecular complexity index is 995. The second-order valence-electron chi connectivity index (χ2n) is 6.42. The van der Waals surface area contributed by atoms with Crippen LogP contribution in [0.2, 0.25) is 0 Å². The molecule has 0 unspecified atom stereocenters. The van der Waals surface area contributed by atoms with Gasteiger partial charge in [0.25, 0.3) is 0 Å². The number of carbonyl (C=O) groups is 1. The van der Waals surface area contributed by atoms with Crippen LogP contribution in [0.3, 0.4) is 0 Å². The second kappa shape index (κ2) is 6.05. The van der Waals surface area contributed by atoms with Gasteiger partial charge < -0.3 is 11.1 Å². The van der Waals surface area contributed by atoms with Crippen LogP contribution in [0, 0.1) is 11.3 Å². The number of hydrogen-bond acceptors (Lipinski definition) is 4. The van der Waals surface area contributed by atoms with Crippen molar-refractivity contribution in [3.63, 3.8) is 0 Å². The topological polar surface area (TPSA) is 96.7 Å². The molecule has 0 saturated heterocycles. The van der Waals surface area contributed by atoms with E-state index in [1.54, 1.807) is 0 Å². The summed E-state index contributed by atoms with van der Waals surface area (Å²) in [7, 11) is 0. The number of nitrogens with one attached hydrogen (secondary N) is 1. The minimum atomic E-state index is -0.409. The van der Waals surface area contributed by atoms with Crippen LogP contribution in [0.1, 0.15) is 24.0 Å². The quantitative estimate of drug-likeness (QED) is 0.761. The third-order valence-electron chi connectivity index (χ3n) is 4.81. The van der Waals surface area contributed by atoms with Crippen molar-refractivity contribution < 1.29 is 4.79 Å². The molecule has 26 heavy (non-hydrogen) atoms. The first kappa shape index (κ1) is 15.9. The number of aromatic nitrogens is 2. The lowest BCUT2D eigenvalue weighted by molar-refractivity contribution is -0.118. The van der Waals surface area contributed by atoms with Crippen molar-refractivity contribution >= 4 is 17.4 Å². The molecule has 1 heterocycles. The molecule has 0 bridgehead atoms. The molecular weight excluding hydrogens is 326 g/mol. The van der Waals surface area contributed by atoms with Gasteiger partial charge in [0.1, 0.15) is 17.5 Å². The summed E-state index contributed by atoms with van der Waals surface area (Å²) in [4.78, 5) is 12.8. The summed E-state index contributed by atoms with van der Waals surface area (Å²) >= 11 is 0. The number of nitriles is 1. The number of nitrogens with zero attached hydrogens (tertiary/aromatic N) is 3. The van der Waals surface area contributed by atoms with Gasteiger partial charge in [-0.2, -0.15) is 10.4 Å². The van der Waals surface area contributed by atoms with E-state index in [4.69, 9.17) is 11.0 Å². The first-order valence-electron chi connectivity index (χ1n) is 8.35. The van der Waals surface area contributed by atoms with Gasteiger partial charge >= 0.3 is 0 Å². The highest BCUT2D eigenvalue weighted by Crippen LogP contribution is 2.48. The van der Waals surface area contributed by atoms with Crippen LogP contribution in [-0.4, -0.2) is 15.7 Å². The number of benzene rings is 2. The number of rotatable bonds is 4. The summed E-state index contributed by atoms with van der Waals surface area (Å²) in [6.07, 6.45) is 3.16. The Labute approximate surface area is 150 Å². The number of carbonyl (C=O) groups excluding carboxylic acids is 1. The maximum atomic E-state index is 12.8. The number of nitrogens with two attached hydrogens (primary N) is 1. The molecular formula is C20H17N5O. The monoisotopic (exact) mass is 343 g/mol. The minimum absolute atomic E-state index is 0.0156. The lowest BCUT2D eigenvalue weighted by atomic mass is 9.95. The van der Waals surface area contributed by atoms with Crippen molar-refractivity contribution in [2.24, 2.45) is 0 Å². The zero-order valence-electron chi connectivity index (χ0n) is 14.0. The number of anilines is 2. The Morgan fingerprint density at radius 3 is 2.42 bits per heavy atom. The summed E-state index contributed by atoms with van der Waals surface area (Å²) < 4.78 is 1.50. The Morgan fingerprint density at radius 1 is 1.15 bits per heavy atom. The van der Waals surface area contributed by atoms with E-state index >= 15 is 0 Å². The van der Waals surface area contributed by atoms with E-state index < -0.39 is 5.41 Å². The smallest absolute Gasteiger partial charge is 0.235 e. The average molecular weight is 343 g/mol. The maximum absolute atomic E-state index is 12.8. The molecule has 4 rings (SSSR count). The van der Waals surface area contributed by atoms with Gasteiger partial charge in [-0.05, 0) is 42.7 Å². The molecule has 6 heteroatoms. The Kier molecular flexibility index (Phi) is 3.70. The fourth-order valence-corrected chi connectivity index (χ4v) is 3.12. The first-order valence-corrected chi connectivity index (χ1v) is 8.35. The largest absolute Gasteiger partial charge is 0.382 e. The zero-order chi connectivity index (χ0) is 18.1. The van der Waals surface area contributed by atoms with Gasteiger partial charge in [0, 0.05) is 5.69 Å². The normalized spacial score (nSPS) is 14.4. The van der Waals surface area contributed by atoms with Crippen molar-refractivity contribution in [1.82, 2.24) is 9.78 Å². The molecule has 1 saturated carbocycles. The Hall–Kier alpha value is -3.59. The molecule has 0 spiro atoms. The van der Waals surface area contributed by atoms with Crippen LogP contribution >= 0.6 is 0 Å². The van der Waals surface area contributed by atoms with Crippen LogP contribution in [0.4, 0.5) is 11.5 Å². The fraction of sp³-hybridized carbons (Fsp3) is 0.150. The molecule has 1 fully saturated rings.